The van der Waals surface area contributed by atoms with Crippen LogP contribution >= 0.6 is 0 Å². The molecular formula is C18H22N6O. The Labute approximate surface area is 146 Å². The van der Waals surface area contributed by atoms with Crippen LogP contribution in [0.25, 0.3) is 5.78 Å². The van der Waals surface area contributed by atoms with Crippen molar-refractivity contribution in [1.29, 1.82) is 0 Å². The van der Waals surface area contributed by atoms with Crippen molar-refractivity contribution in [3.05, 3.63) is 41.9 Å². The minimum absolute atomic E-state index is 0.663. The zero-order valence-corrected chi connectivity index (χ0v) is 14.8. The van der Waals surface area contributed by atoms with Crippen LogP contribution in [0, 0.1) is 13.8 Å². The van der Waals surface area contributed by atoms with Crippen LogP contribution in [-0.2, 0) is 0 Å². The fourth-order valence-corrected chi connectivity index (χ4v) is 3.36. The van der Waals surface area contributed by atoms with E-state index in [2.05, 4.69) is 43.9 Å². The van der Waals surface area contributed by atoms with Gasteiger partial charge < -0.3 is 14.5 Å². The minimum atomic E-state index is 0.663. The molecule has 130 valence electrons. The van der Waals surface area contributed by atoms with Gasteiger partial charge in [-0.3, -0.25) is 0 Å². The lowest BCUT2D eigenvalue weighted by molar-refractivity contribution is 0.415. The van der Waals surface area contributed by atoms with Crippen LogP contribution in [0.2, 0.25) is 0 Å². The van der Waals surface area contributed by atoms with E-state index in [-0.39, 0.29) is 0 Å². The SMILES string of the molecule is COc1ccc(N2CCN(c3c(C)c(C)nc4ncnn34)CC2)cc1. The highest BCUT2D eigenvalue weighted by Gasteiger charge is 2.22. The third-order valence-electron chi connectivity index (χ3n) is 4.89. The Morgan fingerprint density at radius 3 is 2.32 bits per heavy atom. The highest BCUT2D eigenvalue weighted by atomic mass is 16.5. The number of rotatable bonds is 3. The Morgan fingerprint density at radius 2 is 1.64 bits per heavy atom. The summed E-state index contributed by atoms with van der Waals surface area (Å²) in [6.07, 6.45) is 1.57. The number of fused-ring (bicyclic) bond motifs is 1. The maximum Gasteiger partial charge on any atom is 0.254 e. The maximum atomic E-state index is 5.24. The van der Waals surface area contributed by atoms with Gasteiger partial charge in [0, 0.05) is 43.1 Å². The predicted octanol–water partition coefficient (Wildman–Crippen LogP) is 2.08. The van der Waals surface area contributed by atoms with Crippen molar-refractivity contribution in [1.82, 2.24) is 19.6 Å². The lowest BCUT2D eigenvalue weighted by atomic mass is 10.2. The second-order valence-electron chi connectivity index (χ2n) is 6.29. The van der Waals surface area contributed by atoms with Crippen molar-refractivity contribution in [3.63, 3.8) is 0 Å². The first-order chi connectivity index (χ1) is 12.2. The van der Waals surface area contributed by atoms with Gasteiger partial charge in [-0.1, -0.05) is 0 Å². The van der Waals surface area contributed by atoms with E-state index in [0.29, 0.717) is 5.78 Å². The van der Waals surface area contributed by atoms with E-state index in [9.17, 15) is 0 Å². The molecule has 1 fully saturated rings. The van der Waals surface area contributed by atoms with E-state index >= 15 is 0 Å². The van der Waals surface area contributed by atoms with Gasteiger partial charge in [-0.15, -0.1) is 0 Å². The lowest BCUT2D eigenvalue weighted by Crippen LogP contribution is -2.47. The predicted molar refractivity (Wildman–Crippen MR) is 97.7 cm³/mol. The molecule has 0 aliphatic carbocycles. The standard InChI is InChI=1S/C18H22N6O/c1-13-14(2)21-18-19-12-20-24(18)17(13)23-10-8-22(9-11-23)15-4-6-16(25-3)7-5-15/h4-7,12H,8-11H2,1-3H3. The van der Waals surface area contributed by atoms with E-state index in [4.69, 9.17) is 4.74 Å². The molecule has 0 unspecified atom stereocenters. The first-order valence-corrected chi connectivity index (χ1v) is 8.48. The van der Waals surface area contributed by atoms with Gasteiger partial charge in [0.05, 0.1) is 7.11 Å². The minimum Gasteiger partial charge on any atom is -0.497 e. The molecule has 1 aromatic carbocycles. The van der Waals surface area contributed by atoms with E-state index in [0.717, 1.165) is 49.0 Å². The number of anilines is 2. The van der Waals surface area contributed by atoms with Gasteiger partial charge >= 0.3 is 0 Å². The third-order valence-corrected chi connectivity index (χ3v) is 4.89. The summed E-state index contributed by atoms with van der Waals surface area (Å²) in [5, 5.41) is 4.37. The summed E-state index contributed by atoms with van der Waals surface area (Å²) in [6, 6.07) is 8.26. The van der Waals surface area contributed by atoms with Crippen LogP contribution in [0.4, 0.5) is 11.5 Å². The summed E-state index contributed by atoms with van der Waals surface area (Å²) in [6.45, 7) is 7.93. The van der Waals surface area contributed by atoms with E-state index in [1.807, 2.05) is 23.6 Å². The fourth-order valence-electron chi connectivity index (χ4n) is 3.36. The van der Waals surface area contributed by atoms with Crippen molar-refractivity contribution < 1.29 is 4.74 Å². The van der Waals surface area contributed by atoms with E-state index in [1.165, 1.54) is 5.69 Å². The molecule has 1 aliphatic rings. The van der Waals surface area contributed by atoms with Crippen LogP contribution in [0.1, 0.15) is 11.3 Å². The summed E-state index contributed by atoms with van der Waals surface area (Å²) < 4.78 is 7.09. The molecular weight excluding hydrogens is 316 g/mol. The zero-order chi connectivity index (χ0) is 17.4. The van der Waals surface area contributed by atoms with Crippen molar-refractivity contribution in [3.8, 4) is 5.75 Å². The molecule has 3 aromatic rings. The van der Waals surface area contributed by atoms with Gasteiger partial charge in [0.25, 0.3) is 5.78 Å². The molecule has 2 aromatic heterocycles. The van der Waals surface area contributed by atoms with Crippen molar-refractivity contribution in [2.24, 2.45) is 0 Å². The summed E-state index contributed by atoms with van der Waals surface area (Å²) in [7, 11) is 1.69. The summed E-state index contributed by atoms with van der Waals surface area (Å²) >= 11 is 0. The van der Waals surface area contributed by atoms with E-state index < -0.39 is 0 Å². The molecule has 0 amide bonds. The number of hydrogen-bond acceptors (Lipinski definition) is 6. The largest absolute Gasteiger partial charge is 0.497 e. The van der Waals surface area contributed by atoms with Crippen LogP contribution < -0.4 is 14.5 Å². The first-order valence-electron chi connectivity index (χ1n) is 8.48. The molecule has 0 radical (unpaired) electrons. The molecule has 0 spiro atoms. The average molecular weight is 338 g/mol. The normalized spacial score (nSPS) is 15.0. The molecule has 7 nitrogen and oxygen atoms in total. The highest BCUT2D eigenvalue weighted by molar-refractivity contribution is 5.56. The quantitative estimate of drug-likeness (QED) is 0.729. The number of piperazine rings is 1. The molecule has 0 saturated carbocycles. The second kappa shape index (κ2) is 6.23. The van der Waals surface area contributed by atoms with Crippen LogP contribution in [-0.4, -0.2) is 52.9 Å². The molecule has 1 aliphatic heterocycles. The van der Waals surface area contributed by atoms with E-state index in [1.54, 1.807) is 13.4 Å². The summed E-state index contributed by atoms with van der Waals surface area (Å²) in [4.78, 5) is 13.5. The lowest BCUT2D eigenvalue weighted by Gasteiger charge is -2.37. The van der Waals surface area contributed by atoms with Crippen molar-refractivity contribution >= 4 is 17.3 Å². The van der Waals surface area contributed by atoms with Crippen LogP contribution in [0.3, 0.4) is 0 Å². The number of aromatic nitrogens is 4. The Kier molecular flexibility index (Phi) is 3.91. The third kappa shape index (κ3) is 2.75. The summed E-state index contributed by atoms with van der Waals surface area (Å²) in [5.74, 6) is 2.66. The number of methoxy groups -OCH3 is 1. The molecule has 0 N–H and O–H groups in total. The average Bonchev–Trinajstić information content (AvgIpc) is 3.11. The molecule has 3 heterocycles. The van der Waals surface area contributed by atoms with Crippen molar-refractivity contribution in [2.75, 3.05) is 43.1 Å². The molecule has 0 bridgehead atoms. The Bertz CT molecular complexity index is 880. The molecule has 1 saturated heterocycles. The number of nitrogens with zero attached hydrogens (tertiary/aromatic N) is 6. The maximum absolute atomic E-state index is 5.24. The van der Waals surface area contributed by atoms with Gasteiger partial charge in [0.2, 0.25) is 0 Å². The number of ether oxygens (including phenoxy) is 1. The fraction of sp³-hybridized carbons (Fsp3) is 0.389. The Hall–Kier alpha value is -2.83. The number of benzene rings is 1. The van der Waals surface area contributed by atoms with Gasteiger partial charge in [0.1, 0.15) is 17.9 Å². The molecule has 7 heteroatoms. The smallest absolute Gasteiger partial charge is 0.254 e. The molecule has 4 rings (SSSR count). The first kappa shape index (κ1) is 15.7. The topological polar surface area (TPSA) is 58.8 Å². The van der Waals surface area contributed by atoms with Gasteiger partial charge in [-0.05, 0) is 38.1 Å². The Morgan fingerprint density at radius 1 is 0.960 bits per heavy atom. The zero-order valence-electron chi connectivity index (χ0n) is 14.8. The second-order valence-corrected chi connectivity index (χ2v) is 6.29. The number of aryl methyl sites for hydroxylation is 1. The van der Waals surface area contributed by atoms with Gasteiger partial charge in [-0.2, -0.15) is 14.6 Å². The monoisotopic (exact) mass is 338 g/mol. The molecule has 25 heavy (non-hydrogen) atoms. The van der Waals surface area contributed by atoms with Crippen molar-refractivity contribution in [2.45, 2.75) is 13.8 Å². The van der Waals surface area contributed by atoms with Crippen LogP contribution in [0.5, 0.6) is 5.75 Å². The Balaban J connectivity index is 1.56. The van der Waals surface area contributed by atoms with Gasteiger partial charge in [-0.25, -0.2) is 4.98 Å². The summed E-state index contributed by atoms with van der Waals surface area (Å²) in [5.41, 5.74) is 3.40. The number of hydrogen-bond donors (Lipinski definition) is 0. The highest BCUT2D eigenvalue weighted by Crippen LogP contribution is 2.26. The van der Waals surface area contributed by atoms with Gasteiger partial charge in [0.15, 0.2) is 0 Å². The van der Waals surface area contributed by atoms with Crippen LogP contribution in [0.15, 0.2) is 30.6 Å². The molecule has 0 atom stereocenters.